The van der Waals surface area contributed by atoms with Gasteiger partial charge < -0.3 is 10.2 Å². The van der Waals surface area contributed by atoms with Gasteiger partial charge in [0.1, 0.15) is 5.82 Å². The molecule has 0 aromatic carbocycles. The lowest BCUT2D eigenvalue weighted by molar-refractivity contribution is 0.0827. The van der Waals surface area contributed by atoms with Crippen LogP contribution in [0, 0.1) is 0 Å². The third kappa shape index (κ3) is 3.36. The molecule has 0 aliphatic rings. The van der Waals surface area contributed by atoms with Gasteiger partial charge in [-0.25, -0.2) is 4.98 Å². The van der Waals surface area contributed by atoms with E-state index in [9.17, 15) is 4.79 Å². The van der Waals surface area contributed by atoms with Crippen molar-refractivity contribution in [3.05, 3.63) is 45.8 Å². The fourth-order valence-electron chi connectivity index (χ4n) is 1.89. The molecular weight excluding hydrogens is 270 g/mol. The number of aryl methyl sites for hydroxylation is 1. The summed E-state index contributed by atoms with van der Waals surface area (Å²) >= 11 is 1.75. The van der Waals surface area contributed by atoms with Gasteiger partial charge in [0.15, 0.2) is 0 Å². The highest BCUT2D eigenvalue weighted by Crippen LogP contribution is 2.18. The van der Waals surface area contributed by atoms with E-state index in [4.69, 9.17) is 0 Å². The molecule has 2 aromatic heterocycles. The van der Waals surface area contributed by atoms with Crippen molar-refractivity contribution < 1.29 is 4.79 Å². The first-order chi connectivity index (χ1) is 9.61. The molecule has 5 heteroatoms. The van der Waals surface area contributed by atoms with Crippen LogP contribution in [0.4, 0.5) is 5.82 Å². The second-order valence-electron chi connectivity index (χ2n) is 4.71. The molecule has 1 amide bonds. The molecule has 0 saturated carbocycles. The fraction of sp³-hybridized carbons (Fsp3) is 0.333. The van der Waals surface area contributed by atoms with E-state index in [1.54, 1.807) is 42.6 Å². The summed E-state index contributed by atoms with van der Waals surface area (Å²) in [6, 6.07) is 5.80. The molecule has 20 heavy (non-hydrogen) atoms. The number of pyridine rings is 1. The topological polar surface area (TPSA) is 45.2 Å². The Kier molecular flexibility index (Phi) is 4.74. The first-order valence-electron chi connectivity index (χ1n) is 6.58. The summed E-state index contributed by atoms with van der Waals surface area (Å²) in [7, 11) is 3.47. The fourth-order valence-corrected chi connectivity index (χ4v) is 2.81. The van der Waals surface area contributed by atoms with Crippen molar-refractivity contribution in [2.24, 2.45) is 0 Å². The average Bonchev–Trinajstić information content (AvgIpc) is 2.92. The van der Waals surface area contributed by atoms with Gasteiger partial charge in [-0.05, 0) is 35.6 Å². The minimum absolute atomic E-state index is 0.0319. The summed E-state index contributed by atoms with van der Waals surface area (Å²) in [6.45, 7) is 2.93. The second kappa shape index (κ2) is 6.52. The van der Waals surface area contributed by atoms with Gasteiger partial charge in [0.25, 0.3) is 5.91 Å². The van der Waals surface area contributed by atoms with Crippen LogP contribution >= 0.6 is 11.3 Å². The lowest BCUT2D eigenvalue weighted by Crippen LogP contribution is -2.21. The first kappa shape index (κ1) is 14.5. The molecule has 0 unspecified atom stereocenters. The van der Waals surface area contributed by atoms with Crippen LogP contribution in [-0.2, 0) is 13.0 Å². The highest BCUT2D eigenvalue weighted by atomic mass is 32.1. The van der Waals surface area contributed by atoms with Gasteiger partial charge in [-0.15, -0.1) is 11.3 Å². The smallest absolute Gasteiger partial charge is 0.254 e. The summed E-state index contributed by atoms with van der Waals surface area (Å²) in [4.78, 5) is 18.9. The van der Waals surface area contributed by atoms with Crippen molar-refractivity contribution in [3.8, 4) is 0 Å². The van der Waals surface area contributed by atoms with E-state index in [-0.39, 0.29) is 5.91 Å². The summed E-state index contributed by atoms with van der Waals surface area (Å²) < 4.78 is 0. The normalized spacial score (nSPS) is 10.3. The monoisotopic (exact) mass is 289 g/mol. The molecule has 0 radical (unpaired) electrons. The van der Waals surface area contributed by atoms with Crippen LogP contribution in [0.15, 0.2) is 29.8 Å². The van der Waals surface area contributed by atoms with Crippen LogP contribution in [0.3, 0.4) is 0 Å². The maximum Gasteiger partial charge on any atom is 0.254 e. The second-order valence-corrected chi connectivity index (χ2v) is 5.71. The van der Waals surface area contributed by atoms with Crippen LogP contribution in [0.5, 0.6) is 0 Å². The van der Waals surface area contributed by atoms with Crippen LogP contribution in [0.1, 0.15) is 27.7 Å². The number of hydrogen-bond acceptors (Lipinski definition) is 4. The number of carbonyl (C=O) groups excluding carboxylic acids is 1. The van der Waals surface area contributed by atoms with Crippen molar-refractivity contribution >= 4 is 23.1 Å². The Morgan fingerprint density at radius 3 is 2.75 bits per heavy atom. The van der Waals surface area contributed by atoms with Crippen molar-refractivity contribution in [1.29, 1.82) is 0 Å². The van der Waals surface area contributed by atoms with Crippen molar-refractivity contribution in [2.45, 2.75) is 19.9 Å². The Labute approximate surface area is 123 Å². The van der Waals surface area contributed by atoms with Crippen molar-refractivity contribution in [2.75, 3.05) is 19.4 Å². The van der Waals surface area contributed by atoms with Gasteiger partial charge in [0.2, 0.25) is 0 Å². The number of amides is 1. The molecule has 0 fully saturated rings. The van der Waals surface area contributed by atoms with E-state index in [1.165, 1.54) is 10.4 Å². The molecule has 106 valence electrons. The van der Waals surface area contributed by atoms with E-state index in [0.717, 1.165) is 18.8 Å². The van der Waals surface area contributed by atoms with Crippen LogP contribution in [-0.4, -0.2) is 29.9 Å². The summed E-state index contributed by atoms with van der Waals surface area (Å²) in [5.74, 6) is 0.756. The molecule has 0 saturated heterocycles. The lowest BCUT2D eigenvalue weighted by Gasteiger charge is -2.10. The van der Waals surface area contributed by atoms with Crippen LogP contribution in [0.2, 0.25) is 0 Å². The highest BCUT2D eigenvalue weighted by molar-refractivity contribution is 7.10. The Bertz CT molecular complexity index is 575. The highest BCUT2D eigenvalue weighted by Gasteiger charge is 2.08. The minimum atomic E-state index is -0.0319. The van der Waals surface area contributed by atoms with Gasteiger partial charge in [0, 0.05) is 25.2 Å². The van der Waals surface area contributed by atoms with Crippen LogP contribution < -0.4 is 5.32 Å². The summed E-state index contributed by atoms with van der Waals surface area (Å²) in [5.41, 5.74) is 1.98. The van der Waals surface area contributed by atoms with E-state index in [2.05, 4.69) is 28.7 Å². The largest absolute Gasteiger partial charge is 0.365 e. The van der Waals surface area contributed by atoms with Gasteiger partial charge in [-0.1, -0.05) is 6.92 Å². The Morgan fingerprint density at radius 1 is 1.35 bits per heavy atom. The quantitative estimate of drug-likeness (QED) is 0.920. The number of thiophene rings is 1. The Morgan fingerprint density at radius 2 is 2.15 bits per heavy atom. The zero-order valence-corrected chi connectivity index (χ0v) is 12.8. The van der Waals surface area contributed by atoms with Crippen molar-refractivity contribution in [1.82, 2.24) is 9.88 Å². The summed E-state index contributed by atoms with van der Waals surface area (Å²) in [6.07, 6.45) is 2.66. The number of nitrogens with one attached hydrogen (secondary N) is 1. The average molecular weight is 289 g/mol. The molecule has 2 heterocycles. The van der Waals surface area contributed by atoms with E-state index in [0.29, 0.717) is 5.56 Å². The molecule has 0 spiro atoms. The van der Waals surface area contributed by atoms with Gasteiger partial charge in [-0.2, -0.15) is 0 Å². The van der Waals surface area contributed by atoms with Gasteiger partial charge >= 0.3 is 0 Å². The number of rotatable bonds is 5. The van der Waals surface area contributed by atoms with E-state index >= 15 is 0 Å². The molecule has 2 rings (SSSR count). The Balaban J connectivity index is 1.99. The lowest BCUT2D eigenvalue weighted by atomic mass is 10.2. The molecule has 0 aliphatic carbocycles. The maximum absolute atomic E-state index is 11.8. The molecule has 0 bridgehead atoms. The zero-order valence-electron chi connectivity index (χ0n) is 12.0. The number of carbonyl (C=O) groups is 1. The van der Waals surface area contributed by atoms with Gasteiger partial charge in [0.05, 0.1) is 12.1 Å². The van der Waals surface area contributed by atoms with Gasteiger partial charge in [-0.3, -0.25) is 4.79 Å². The number of hydrogen-bond donors (Lipinski definition) is 1. The van der Waals surface area contributed by atoms with Crippen molar-refractivity contribution in [3.63, 3.8) is 0 Å². The number of anilines is 1. The standard InChI is InChI=1S/C15H19N3OS/c1-4-11-7-8-20-13(11)10-17-14-6-5-12(9-16-14)15(19)18(2)3/h5-9H,4,10H2,1-3H3,(H,16,17). The third-order valence-electron chi connectivity index (χ3n) is 3.07. The zero-order chi connectivity index (χ0) is 14.5. The number of aromatic nitrogens is 1. The number of nitrogens with zero attached hydrogens (tertiary/aromatic N) is 2. The molecular formula is C15H19N3OS. The molecule has 2 aromatic rings. The molecule has 0 atom stereocenters. The minimum Gasteiger partial charge on any atom is -0.365 e. The van der Waals surface area contributed by atoms with Crippen LogP contribution in [0.25, 0.3) is 0 Å². The predicted octanol–water partition coefficient (Wildman–Crippen LogP) is 3.02. The molecule has 1 N–H and O–H groups in total. The predicted molar refractivity (Wildman–Crippen MR) is 83.3 cm³/mol. The first-order valence-corrected chi connectivity index (χ1v) is 7.46. The van der Waals surface area contributed by atoms with E-state index in [1.807, 2.05) is 6.07 Å². The maximum atomic E-state index is 11.8. The Hall–Kier alpha value is -1.88. The third-order valence-corrected chi connectivity index (χ3v) is 4.03. The van der Waals surface area contributed by atoms with E-state index < -0.39 is 0 Å². The molecule has 0 aliphatic heterocycles. The summed E-state index contributed by atoms with van der Waals surface area (Å²) in [5, 5.41) is 5.40. The SMILES string of the molecule is CCc1ccsc1CNc1ccc(C(=O)N(C)C)cn1. The molecule has 4 nitrogen and oxygen atoms in total.